The van der Waals surface area contributed by atoms with Crippen LogP contribution >= 0.6 is 0 Å². The lowest BCUT2D eigenvalue weighted by atomic mass is 10.0. The fourth-order valence-corrected chi connectivity index (χ4v) is 2.87. The van der Waals surface area contributed by atoms with Gasteiger partial charge in [-0.3, -0.25) is 0 Å². The molecule has 0 amide bonds. The van der Waals surface area contributed by atoms with Crippen LogP contribution in [0.1, 0.15) is 23.5 Å². The maximum absolute atomic E-state index is 5.14. The molecule has 3 atom stereocenters. The second-order valence-corrected chi connectivity index (χ2v) is 5.15. The Morgan fingerprint density at radius 3 is 2.78 bits per heavy atom. The van der Waals surface area contributed by atoms with Crippen LogP contribution in [0.25, 0.3) is 0 Å². The lowest BCUT2D eigenvalue weighted by Crippen LogP contribution is -2.30. The Balaban J connectivity index is 1.65. The molecule has 0 spiro atoms. The zero-order chi connectivity index (χ0) is 12.4. The minimum Gasteiger partial charge on any atom is -0.472 e. The molecule has 2 nitrogen and oxygen atoms in total. The van der Waals surface area contributed by atoms with Crippen molar-refractivity contribution in [3.8, 4) is 0 Å². The zero-order valence-corrected chi connectivity index (χ0v) is 10.7. The van der Waals surface area contributed by atoms with Gasteiger partial charge in [0, 0.05) is 6.04 Å². The van der Waals surface area contributed by atoms with E-state index in [2.05, 4.69) is 48.8 Å². The third-order valence-corrected chi connectivity index (χ3v) is 3.99. The van der Waals surface area contributed by atoms with Gasteiger partial charge in [0.15, 0.2) is 0 Å². The number of benzene rings is 1. The summed E-state index contributed by atoms with van der Waals surface area (Å²) in [4.78, 5) is 0. The van der Waals surface area contributed by atoms with Crippen LogP contribution in [0.5, 0.6) is 0 Å². The summed E-state index contributed by atoms with van der Waals surface area (Å²) in [5.41, 5.74) is 2.77. The van der Waals surface area contributed by atoms with Crippen molar-refractivity contribution in [3.05, 3.63) is 60.1 Å². The molecule has 2 heteroatoms. The lowest BCUT2D eigenvalue weighted by Gasteiger charge is -2.15. The van der Waals surface area contributed by atoms with Crippen molar-refractivity contribution >= 4 is 0 Å². The summed E-state index contributed by atoms with van der Waals surface area (Å²) in [6.45, 7) is 0. The van der Waals surface area contributed by atoms with E-state index in [1.54, 1.807) is 6.26 Å². The Hall–Kier alpha value is -1.54. The normalized spacial score (nSPS) is 23.8. The van der Waals surface area contributed by atoms with Crippen LogP contribution in [0, 0.1) is 5.92 Å². The first-order chi connectivity index (χ1) is 8.88. The highest BCUT2D eigenvalue weighted by atomic mass is 16.3. The first-order valence-corrected chi connectivity index (χ1v) is 6.62. The summed E-state index contributed by atoms with van der Waals surface area (Å²) < 4.78 is 5.14. The highest BCUT2D eigenvalue weighted by molar-refractivity contribution is 5.27. The van der Waals surface area contributed by atoms with Crippen LogP contribution in [0.3, 0.4) is 0 Å². The van der Waals surface area contributed by atoms with Crippen LogP contribution in [0.15, 0.2) is 53.3 Å². The summed E-state index contributed by atoms with van der Waals surface area (Å²) in [6.07, 6.45) is 5.96. The van der Waals surface area contributed by atoms with Gasteiger partial charge in [-0.1, -0.05) is 30.3 Å². The van der Waals surface area contributed by atoms with Gasteiger partial charge in [0.05, 0.1) is 12.5 Å². The van der Waals surface area contributed by atoms with E-state index in [4.69, 9.17) is 4.42 Å². The minimum absolute atomic E-state index is 0.549. The fourth-order valence-electron chi connectivity index (χ4n) is 2.87. The number of rotatable bonds is 5. The summed E-state index contributed by atoms with van der Waals surface area (Å²) >= 11 is 0. The topological polar surface area (TPSA) is 25.2 Å². The van der Waals surface area contributed by atoms with Gasteiger partial charge in [0.1, 0.15) is 0 Å². The lowest BCUT2D eigenvalue weighted by molar-refractivity contribution is 0.486. The molecular formula is C16H19NO. The Kier molecular flexibility index (Phi) is 3.20. The number of hydrogen-bond donors (Lipinski definition) is 1. The summed E-state index contributed by atoms with van der Waals surface area (Å²) in [7, 11) is 2.06. The third kappa shape index (κ3) is 2.34. The molecule has 1 N–H and O–H groups in total. The zero-order valence-electron chi connectivity index (χ0n) is 10.7. The SMILES string of the molecule is CNC(Cc1ccoc1)C1CC1c1ccccc1. The van der Waals surface area contributed by atoms with Gasteiger partial charge >= 0.3 is 0 Å². The van der Waals surface area contributed by atoms with Crippen molar-refractivity contribution in [2.75, 3.05) is 7.05 Å². The molecule has 1 saturated carbocycles. The van der Waals surface area contributed by atoms with Gasteiger partial charge in [0.2, 0.25) is 0 Å². The predicted octanol–water partition coefficient (Wildman–Crippen LogP) is 3.21. The van der Waals surface area contributed by atoms with Gasteiger partial charge in [-0.15, -0.1) is 0 Å². The van der Waals surface area contributed by atoms with Crippen LogP contribution < -0.4 is 5.32 Å². The van der Waals surface area contributed by atoms with Crippen LogP contribution in [0.4, 0.5) is 0 Å². The average molecular weight is 241 g/mol. The molecule has 1 aliphatic carbocycles. The van der Waals surface area contributed by atoms with E-state index in [0.29, 0.717) is 6.04 Å². The highest BCUT2D eigenvalue weighted by Gasteiger charge is 2.43. The van der Waals surface area contributed by atoms with E-state index >= 15 is 0 Å². The molecule has 3 rings (SSSR count). The first kappa shape index (κ1) is 11.5. The van der Waals surface area contributed by atoms with E-state index in [-0.39, 0.29) is 0 Å². The molecule has 0 saturated heterocycles. The van der Waals surface area contributed by atoms with Crippen LogP contribution in [-0.2, 0) is 6.42 Å². The van der Waals surface area contributed by atoms with E-state index in [1.165, 1.54) is 17.5 Å². The quantitative estimate of drug-likeness (QED) is 0.869. The third-order valence-electron chi connectivity index (χ3n) is 3.99. The maximum Gasteiger partial charge on any atom is 0.0935 e. The molecule has 0 aliphatic heterocycles. The number of likely N-dealkylation sites (N-methyl/N-ethyl adjacent to an activating group) is 1. The van der Waals surface area contributed by atoms with Crippen molar-refractivity contribution in [2.45, 2.75) is 24.8 Å². The van der Waals surface area contributed by atoms with Crippen molar-refractivity contribution in [2.24, 2.45) is 5.92 Å². The van der Waals surface area contributed by atoms with E-state index in [1.807, 2.05) is 6.26 Å². The molecule has 2 aromatic rings. The Morgan fingerprint density at radius 2 is 2.11 bits per heavy atom. The second-order valence-electron chi connectivity index (χ2n) is 5.15. The minimum atomic E-state index is 0.549. The van der Waals surface area contributed by atoms with Gasteiger partial charge in [-0.25, -0.2) is 0 Å². The molecule has 1 heterocycles. The number of nitrogens with one attached hydrogen (secondary N) is 1. The standard InChI is InChI=1S/C16H19NO/c1-17-16(9-12-7-8-18-11-12)15-10-14(15)13-5-3-2-4-6-13/h2-8,11,14-17H,9-10H2,1H3. The average Bonchev–Trinajstić information content (AvgIpc) is 3.05. The Morgan fingerprint density at radius 1 is 1.28 bits per heavy atom. The molecule has 1 aromatic carbocycles. The molecule has 18 heavy (non-hydrogen) atoms. The van der Waals surface area contributed by atoms with Gasteiger partial charge in [0.25, 0.3) is 0 Å². The van der Waals surface area contributed by atoms with Gasteiger partial charge in [-0.05, 0) is 48.9 Å². The van der Waals surface area contributed by atoms with Crippen LogP contribution in [0.2, 0.25) is 0 Å². The van der Waals surface area contributed by atoms with E-state index in [9.17, 15) is 0 Å². The number of furan rings is 1. The van der Waals surface area contributed by atoms with Gasteiger partial charge < -0.3 is 9.73 Å². The molecule has 94 valence electrons. The van der Waals surface area contributed by atoms with Gasteiger partial charge in [-0.2, -0.15) is 0 Å². The molecule has 0 radical (unpaired) electrons. The largest absolute Gasteiger partial charge is 0.472 e. The van der Waals surface area contributed by atoms with E-state index in [0.717, 1.165) is 18.3 Å². The molecule has 1 aliphatic rings. The summed E-state index contributed by atoms with van der Waals surface area (Å²) in [5, 5.41) is 3.46. The van der Waals surface area contributed by atoms with Crippen LogP contribution in [-0.4, -0.2) is 13.1 Å². The van der Waals surface area contributed by atoms with Crippen molar-refractivity contribution < 1.29 is 4.42 Å². The molecule has 0 bridgehead atoms. The molecular weight excluding hydrogens is 222 g/mol. The summed E-state index contributed by atoms with van der Waals surface area (Å²) in [6, 6.07) is 13.5. The van der Waals surface area contributed by atoms with Crippen molar-refractivity contribution in [1.29, 1.82) is 0 Å². The monoisotopic (exact) mass is 241 g/mol. The summed E-state index contributed by atoms with van der Waals surface area (Å²) in [5.74, 6) is 1.49. The Bertz CT molecular complexity index is 477. The Labute approximate surface area is 108 Å². The van der Waals surface area contributed by atoms with Crippen molar-refractivity contribution in [1.82, 2.24) is 5.32 Å². The maximum atomic E-state index is 5.14. The first-order valence-electron chi connectivity index (χ1n) is 6.62. The number of hydrogen-bond acceptors (Lipinski definition) is 2. The second kappa shape index (κ2) is 4.99. The predicted molar refractivity (Wildman–Crippen MR) is 72.5 cm³/mol. The molecule has 3 unspecified atom stereocenters. The fraction of sp³-hybridized carbons (Fsp3) is 0.375. The smallest absolute Gasteiger partial charge is 0.0935 e. The highest BCUT2D eigenvalue weighted by Crippen LogP contribution is 2.49. The molecule has 1 aromatic heterocycles. The molecule has 1 fully saturated rings. The van der Waals surface area contributed by atoms with E-state index < -0.39 is 0 Å². The van der Waals surface area contributed by atoms with Crippen molar-refractivity contribution in [3.63, 3.8) is 0 Å².